The van der Waals surface area contributed by atoms with E-state index in [-0.39, 0.29) is 5.56 Å². The SMILES string of the molecule is COC(=O)c1cc(I)cc(F)c1I. The molecule has 0 atom stereocenters. The van der Waals surface area contributed by atoms with Gasteiger partial charge in [-0.25, -0.2) is 9.18 Å². The number of halogens is 3. The zero-order chi connectivity index (χ0) is 10.0. The van der Waals surface area contributed by atoms with Crippen LogP contribution in [0.15, 0.2) is 12.1 Å². The van der Waals surface area contributed by atoms with Crippen LogP contribution in [0.3, 0.4) is 0 Å². The smallest absolute Gasteiger partial charge is 0.339 e. The van der Waals surface area contributed by atoms with Crippen LogP contribution in [-0.4, -0.2) is 13.1 Å². The third-order valence-electron chi connectivity index (χ3n) is 1.40. The molecule has 0 bridgehead atoms. The quantitative estimate of drug-likeness (QED) is 0.408. The van der Waals surface area contributed by atoms with Gasteiger partial charge in [-0.3, -0.25) is 0 Å². The van der Waals surface area contributed by atoms with Crippen LogP contribution in [0.1, 0.15) is 10.4 Å². The Morgan fingerprint density at radius 1 is 1.46 bits per heavy atom. The molecule has 0 aliphatic carbocycles. The maximum absolute atomic E-state index is 13.1. The van der Waals surface area contributed by atoms with Crippen molar-refractivity contribution in [3.8, 4) is 0 Å². The predicted octanol–water partition coefficient (Wildman–Crippen LogP) is 2.82. The van der Waals surface area contributed by atoms with E-state index in [9.17, 15) is 9.18 Å². The first-order valence-electron chi connectivity index (χ1n) is 3.29. The fourth-order valence-electron chi connectivity index (χ4n) is 0.814. The molecule has 70 valence electrons. The molecule has 0 saturated carbocycles. The zero-order valence-electron chi connectivity index (χ0n) is 6.61. The first-order chi connectivity index (χ1) is 6.06. The molecule has 0 N–H and O–H groups in total. The summed E-state index contributed by atoms with van der Waals surface area (Å²) in [6.45, 7) is 0. The summed E-state index contributed by atoms with van der Waals surface area (Å²) in [5.41, 5.74) is 0.271. The summed E-state index contributed by atoms with van der Waals surface area (Å²) < 4.78 is 18.6. The first-order valence-corrected chi connectivity index (χ1v) is 5.45. The third kappa shape index (κ3) is 2.52. The molecule has 0 aromatic heterocycles. The number of carbonyl (C=O) groups is 1. The minimum Gasteiger partial charge on any atom is -0.465 e. The molecule has 1 aromatic carbocycles. The van der Waals surface area contributed by atoms with E-state index in [0.29, 0.717) is 7.14 Å². The normalized spacial score (nSPS) is 9.85. The molecule has 0 unspecified atom stereocenters. The Morgan fingerprint density at radius 3 is 2.62 bits per heavy atom. The van der Waals surface area contributed by atoms with Gasteiger partial charge in [0, 0.05) is 3.57 Å². The number of benzene rings is 1. The molecule has 0 fully saturated rings. The van der Waals surface area contributed by atoms with Crippen molar-refractivity contribution in [2.24, 2.45) is 0 Å². The molecule has 5 heteroatoms. The number of hydrogen-bond acceptors (Lipinski definition) is 2. The number of esters is 1. The van der Waals surface area contributed by atoms with Gasteiger partial charge in [-0.15, -0.1) is 0 Å². The van der Waals surface area contributed by atoms with E-state index < -0.39 is 11.8 Å². The van der Waals surface area contributed by atoms with Crippen molar-refractivity contribution in [3.05, 3.63) is 30.7 Å². The van der Waals surface area contributed by atoms with Crippen LogP contribution in [0.5, 0.6) is 0 Å². The highest BCUT2D eigenvalue weighted by Gasteiger charge is 2.14. The lowest BCUT2D eigenvalue weighted by Gasteiger charge is -2.03. The average molecular weight is 406 g/mol. The van der Waals surface area contributed by atoms with Gasteiger partial charge in [0.05, 0.1) is 16.2 Å². The van der Waals surface area contributed by atoms with Crippen molar-refractivity contribution in [1.82, 2.24) is 0 Å². The lowest BCUT2D eigenvalue weighted by molar-refractivity contribution is 0.0598. The summed E-state index contributed by atoms with van der Waals surface area (Å²) in [4.78, 5) is 11.1. The van der Waals surface area contributed by atoms with Gasteiger partial charge in [0.1, 0.15) is 5.82 Å². The van der Waals surface area contributed by atoms with Crippen LogP contribution < -0.4 is 0 Å². The van der Waals surface area contributed by atoms with Gasteiger partial charge in [-0.05, 0) is 57.3 Å². The molecule has 0 spiro atoms. The molecular weight excluding hydrogens is 401 g/mol. The fraction of sp³-hybridized carbons (Fsp3) is 0.125. The lowest BCUT2D eigenvalue weighted by Crippen LogP contribution is -2.05. The zero-order valence-corrected chi connectivity index (χ0v) is 10.9. The number of hydrogen-bond donors (Lipinski definition) is 0. The van der Waals surface area contributed by atoms with Gasteiger partial charge in [0.2, 0.25) is 0 Å². The molecule has 1 aromatic rings. The Labute approximate surface area is 102 Å². The molecule has 0 aliphatic heterocycles. The average Bonchev–Trinajstić information content (AvgIpc) is 2.10. The Bertz CT molecular complexity index is 352. The van der Waals surface area contributed by atoms with E-state index in [1.807, 2.05) is 22.6 Å². The van der Waals surface area contributed by atoms with Crippen molar-refractivity contribution >= 4 is 51.2 Å². The lowest BCUT2D eigenvalue weighted by atomic mass is 10.2. The second-order valence-corrected chi connectivity index (χ2v) is 4.57. The van der Waals surface area contributed by atoms with E-state index >= 15 is 0 Å². The number of rotatable bonds is 1. The highest BCUT2D eigenvalue weighted by molar-refractivity contribution is 14.1. The van der Waals surface area contributed by atoms with Crippen LogP contribution >= 0.6 is 45.2 Å². The van der Waals surface area contributed by atoms with Gasteiger partial charge in [-0.1, -0.05) is 0 Å². The van der Waals surface area contributed by atoms with E-state index in [4.69, 9.17) is 0 Å². The maximum atomic E-state index is 13.1. The molecule has 0 radical (unpaired) electrons. The fourth-order valence-corrected chi connectivity index (χ4v) is 1.93. The van der Waals surface area contributed by atoms with Crippen molar-refractivity contribution < 1.29 is 13.9 Å². The summed E-state index contributed by atoms with van der Waals surface area (Å²) >= 11 is 3.73. The monoisotopic (exact) mass is 406 g/mol. The maximum Gasteiger partial charge on any atom is 0.339 e. The second kappa shape index (κ2) is 4.54. The summed E-state index contributed by atoms with van der Waals surface area (Å²) in [6.07, 6.45) is 0. The number of carbonyl (C=O) groups excluding carboxylic acids is 1. The van der Waals surface area contributed by atoms with Crippen LogP contribution in [0.2, 0.25) is 0 Å². The number of ether oxygens (including phenoxy) is 1. The van der Waals surface area contributed by atoms with Crippen LogP contribution in [-0.2, 0) is 4.74 Å². The van der Waals surface area contributed by atoms with E-state index in [1.54, 1.807) is 28.7 Å². The molecule has 2 nitrogen and oxygen atoms in total. The summed E-state index contributed by atoms with van der Waals surface area (Å²) in [6, 6.07) is 2.96. The predicted molar refractivity (Wildman–Crippen MR) is 63.2 cm³/mol. The number of methoxy groups -OCH3 is 1. The van der Waals surface area contributed by atoms with Gasteiger partial charge in [0.15, 0.2) is 0 Å². The molecule has 1 rings (SSSR count). The van der Waals surface area contributed by atoms with Crippen LogP contribution in [0.25, 0.3) is 0 Å². The molecular formula is C8H5FI2O2. The Balaban J connectivity index is 3.28. The summed E-state index contributed by atoms with van der Waals surface area (Å²) in [5, 5.41) is 0. The second-order valence-electron chi connectivity index (χ2n) is 2.24. The van der Waals surface area contributed by atoms with Crippen molar-refractivity contribution in [3.63, 3.8) is 0 Å². The largest absolute Gasteiger partial charge is 0.465 e. The Morgan fingerprint density at radius 2 is 2.08 bits per heavy atom. The van der Waals surface area contributed by atoms with Gasteiger partial charge < -0.3 is 4.74 Å². The Hall–Kier alpha value is 0.0800. The molecule has 13 heavy (non-hydrogen) atoms. The summed E-state index contributed by atoms with van der Waals surface area (Å²) in [5.74, 6) is -0.908. The van der Waals surface area contributed by atoms with E-state index in [0.717, 1.165) is 0 Å². The molecule has 0 saturated heterocycles. The topological polar surface area (TPSA) is 26.3 Å². The van der Waals surface area contributed by atoms with Gasteiger partial charge >= 0.3 is 5.97 Å². The standard InChI is InChI=1S/C8H5FI2O2/c1-13-8(12)5-2-4(10)3-6(9)7(5)11/h2-3H,1H3. The van der Waals surface area contributed by atoms with Crippen LogP contribution in [0, 0.1) is 13.0 Å². The van der Waals surface area contributed by atoms with Gasteiger partial charge in [-0.2, -0.15) is 0 Å². The van der Waals surface area contributed by atoms with E-state index in [2.05, 4.69) is 4.74 Å². The Kier molecular flexibility index (Phi) is 3.89. The van der Waals surface area contributed by atoms with Gasteiger partial charge in [0.25, 0.3) is 0 Å². The molecule has 0 heterocycles. The first kappa shape index (κ1) is 11.2. The van der Waals surface area contributed by atoms with Crippen LogP contribution in [0.4, 0.5) is 4.39 Å². The van der Waals surface area contributed by atoms with Crippen molar-refractivity contribution in [2.45, 2.75) is 0 Å². The van der Waals surface area contributed by atoms with E-state index in [1.165, 1.54) is 13.2 Å². The molecule has 0 aliphatic rings. The van der Waals surface area contributed by atoms with Crippen molar-refractivity contribution in [2.75, 3.05) is 7.11 Å². The highest BCUT2D eigenvalue weighted by atomic mass is 127. The minimum absolute atomic E-state index is 0.271. The van der Waals surface area contributed by atoms with Crippen molar-refractivity contribution in [1.29, 1.82) is 0 Å². The third-order valence-corrected chi connectivity index (χ3v) is 3.12. The summed E-state index contributed by atoms with van der Waals surface area (Å²) in [7, 11) is 1.27. The molecule has 0 amide bonds. The minimum atomic E-state index is -0.512. The highest BCUT2D eigenvalue weighted by Crippen LogP contribution is 2.20.